The average Bonchev–Trinajstić information content (AvgIpc) is 3.05. The minimum absolute atomic E-state index is 0.548. The lowest BCUT2D eigenvalue weighted by Gasteiger charge is -2.13. The largest absolute Gasteiger partial charge is 0.493 e. The van der Waals surface area contributed by atoms with Crippen LogP contribution in [0.5, 0.6) is 17.2 Å². The molecule has 0 unspecified atom stereocenters. The van der Waals surface area contributed by atoms with Crippen molar-refractivity contribution in [2.24, 2.45) is 4.99 Å². The third kappa shape index (κ3) is 3.87. The molecule has 0 N–H and O–H groups in total. The van der Waals surface area contributed by atoms with E-state index in [1.54, 1.807) is 27.5 Å². The number of benzene rings is 2. The second-order valence-corrected chi connectivity index (χ2v) is 7.13. The molecule has 0 radical (unpaired) electrons. The lowest BCUT2D eigenvalue weighted by Crippen LogP contribution is -2.02. The van der Waals surface area contributed by atoms with Gasteiger partial charge in [-0.3, -0.25) is 4.99 Å². The second-order valence-electron chi connectivity index (χ2n) is 7.13. The monoisotopic (exact) mass is 406 g/mol. The van der Waals surface area contributed by atoms with Crippen molar-refractivity contribution in [2.45, 2.75) is 32.2 Å². The highest BCUT2D eigenvalue weighted by atomic mass is 16.5. The number of hydrogen-bond donors (Lipinski definition) is 0. The van der Waals surface area contributed by atoms with E-state index in [1.807, 2.05) is 36.4 Å². The van der Waals surface area contributed by atoms with Gasteiger partial charge < -0.3 is 18.8 Å². The van der Waals surface area contributed by atoms with E-state index in [1.165, 1.54) is 19.3 Å². The Morgan fingerprint density at radius 1 is 0.867 bits per heavy atom. The smallest absolute Gasteiger partial charge is 0.203 e. The van der Waals surface area contributed by atoms with Crippen LogP contribution in [0.1, 0.15) is 30.7 Å². The number of hydrogen-bond acceptors (Lipinski definition) is 6. The van der Waals surface area contributed by atoms with Crippen molar-refractivity contribution in [1.82, 2.24) is 14.8 Å². The highest BCUT2D eigenvalue weighted by molar-refractivity contribution is 5.88. The number of nitrogens with zero attached hydrogens (tertiary/aromatic N) is 4. The Morgan fingerprint density at radius 2 is 1.67 bits per heavy atom. The summed E-state index contributed by atoms with van der Waals surface area (Å²) in [5, 5.41) is 8.81. The van der Waals surface area contributed by atoms with Gasteiger partial charge in [0.2, 0.25) is 5.75 Å². The summed E-state index contributed by atoms with van der Waals surface area (Å²) in [6.07, 6.45) is 6.37. The zero-order valence-corrected chi connectivity index (χ0v) is 17.6. The molecular weight excluding hydrogens is 380 g/mol. The van der Waals surface area contributed by atoms with Crippen molar-refractivity contribution in [3.8, 4) is 28.6 Å². The number of fused-ring (bicyclic) bond motifs is 1. The molecule has 0 atom stereocenters. The van der Waals surface area contributed by atoms with Gasteiger partial charge in [-0.15, -0.1) is 10.2 Å². The van der Waals surface area contributed by atoms with E-state index in [4.69, 9.17) is 14.2 Å². The van der Waals surface area contributed by atoms with Gasteiger partial charge in [-0.1, -0.05) is 6.42 Å². The Morgan fingerprint density at radius 3 is 2.40 bits per heavy atom. The van der Waals surface area contributed by atoms with Crippen LogP contribution in [0.15, 0.2) is 41.4 Å². The number of aryl methyl sites for hydroxylation is 1. The molecular formula is C23H26N4O3. The SMILES string of the molecule is COc1ccc(C=Nc2ccc(-c3nnc4n3CCCCC4)cc2)c(OC)c1OC. The topological polar surface area (TPSA) is 70.8 Å². The van der Waals surface area contributed by atoms with Crippen LogP contribution in [0.2, 0.25) is 0 Å². The number of rotatable bonds is 6. The first kappa shape index (κ1) is 19.9. The van der Waals surface area contributed by atoms with Crippen LogP contribution in [0.4, 0.5) is 5.69 Å². The third-order valence-corrected chi connectivity index (χ3v) is 5.32. The van der Waals surface area contributed by atoms with Crippen LogP contribution in [0.25, 0.3) is 11.4 Å². The molecule has 0 amide bonds. The molecule has 0 aliphatic carbocycles. The molecule has 1 aliphatic heterocycles. The van der Waals surface area contributed by atoms with E-state index in [0.717, 1.165) is 41.4 Å². The number of aromatic nitrogens is 3. The highest BCUT2D eigenvalue weighted by Crippen LogP contribution is 2.39. The van der Waals surface area contributed by atoms with Crippen molar-refractivity contribution in [2.75, 3.05) is 21.3 Å². The van der Waals surface area contributed by atoms with Crippen molar-refractivity contribution < 1.29 is 14.2 Å². The molecule has 0 saturated heterocycles. The van der Waals surface area contributed by atoms with Crippen LogP contribution >= 0.6 is 0 Å². The summed E-state index contributed by atoms with van der Waals surface area (Å²) in [4.78, 5) is 4.60. The predicted molar refractivity (Wildman–Crippen MR) is 116 cm³/mol. The molecule has 3 aromatic rings. The Hall–Kier alpha value is -3.35. The minimum atomic E-state index is 0.548. The molecule has 1 aliphatic rings. The second kappa shape index (κ2) is 8.98. The van der Waals surface area contributed by atoms with Gasteiger partial charge in [0.1, 0.15) is 5.82 Å². The molecule has 7 nitrogen and oxygen atoms in total. The summed E-state index contributed by atoms with van der Waals surface area (Å²) in [7, 11) is 4.79. The van der Waals surface area contributed by atoms with Gasteiger partial charge in [-0.25, -0.2) is 0 Å². The first-order valence-electron chi connectivity index (χ1n) is 10.1. The fourth-order valence-corrected chi connectivity index (χ4v) is 3.77. The molecule has 30 heavy (non-hydrogen) atoms. The highest BCUT2D eigenvalue weighted by Gasteiger charge is 2.16. The van der Waals surface area contributed by atoms with Gasteiger partial charge in [-0.2, -0.15) is 0 Å². The minimum Gasteiger partial charge on any atom is -0.493 e. The summed E-state index contributed by atoms with van der Waals surface area (Å²) >= 11 is 0. The molecule has 2 heterocycles. The van der Waals surface area contributed by atoms with Crippen molar-refractivity contribution >= 4 is 11.9 Å². The van der Waals surface area contributed by atoms with E-state index in [9.17, 15) is 0 Å². The summed E-state index contributed by atoms with van der Waals surface area (Å²) < 4.78 is 18.5. The van der Waals surface area contributed by atoms with Crippen LogP contribution in [0, 0.1) is 0 Å². The Bertz CT molecular complexity index is 1040. The van der Waals surface area contributed by atoms with Gasteiger partial charge in [0.15, 0.2) is 17.3 Å². The Balaban J connectivity index is 1.58. The van der Waals surface area contributed by atoms with Gasteiger partial charge in [0, 0.05) is 30.3 Å². The predicted octanol–water partition coefficient (Wildman–Crippen LogP) is 4.45. The van der Waals surface area contributed by atoms with Gasteiger partial charge >= 0.3 is 0 Å². The molecule has 0 fully saturated rings. The van der Waals surface area contributed by atoms with E-state index in [-0.39, 0.29) is 0 Å². The molecule has 1 aromatic heterocycles. The van der Waals surface area contributed by atoms with Crippen LogP contribution in [0.3, 0.4) is 0 Å². The zero-order valence-electron chi connectivity index (χ0n) is 17.6. The lowest BCUT2D eigenvalue weighted by molar-refractivity contribution is 0.324. The van der Waals surface area contributed by atoms with Gasteiger partial charge in [0.25, 0.3) is 0 Å². The summed E-state index contributed by atoms with van der Waals surface area (Å²) in [6, 6.07) is 11.8. The van der Waals surface area contributed by atoms with Crippen molar-refractivity contribution in [3.63, 3.8) is 0 Å². The number of ether oxygens (including phenoxy) is 3. The molecule has 2 aromatic carbocycles. The van der Waals surface area contributed by atoms with E-state index < -0.39 is 0 Å². The van der Waals surface area contributed by atoms with E-state index in [0.29, 0.717) is 17.2 Å². The third-order valence-electron chi connectivity index (χ3n) is 5.32. The first-order valence-corrected chi connectivity index (χ1v) is 10.1. The number of aliphatic imine (C=N–C) groups is 1. The Labute approximate surface area is 176 Å². The van der Waals surface area contributed by atoms with E-state index in [2.05, 4.69) is 19.8 Å². The normalized spacial score (nSPS) is 13.7. The fraction of sp³-hybridized carbons (Fsp3) is 0.348. The number of methoxy groups -OCH3 is 3. The summed E-state index contributed by atoms with van der Waals surface area (Å²) in [5.74, 6) is 3.77. The van der Waals surface area contributed by atoms with E-state index >= 15 is 0 Å². The maximum atomic E-state index is 5.52. The Kier molecular flexibility index (Phi) is 5.97. The van der Waals surface area contributed by atoms with Crippen molar-refractivity contribution in [1.29, 1.82) is 0 Å². The quantitative estimate of drug-likeness (QED) is 0.566. The average molecular weight is 406 g/mol. The molecule has 0 saturated carbocycles. The standard InChI is InChI=1S/C23H26N4O3/c1-28-19-13-10-17(21(29-2)22(19)30-3)15-24-18-11-8-16(9-12-18)23-26-25-20-7-5-4-6-14-27(20)23/h8-13,15H,4-7,14H2,1-3H3. The van der Waals surface area contributed by atoms with Crippen LogP contribution < -0.4 is 14.2 Å². The molecule has 4 rings (SSSR count). The molecule has 0 bridgehead atoms. The maximum absolute atomic E-state index is 5.52. The molecule has 156 valence electrons. The first-order chi connectivity index (χ1) is 14.7. The van der Waals surface area contributed by atoms with Crippen LogP contribution in [-0.4, -0.2) is 42.3 Å². The van der Waals surface area contributed by atoms with Crippen LogP contribution in [-0.2, 0) is 13.0 Å². The van der Waals surface area contributed by atoms with Gasteiger partial charge in [0.05, 0.1) is 27.0 Å². The lowest BCUT2D eigenvalue weighted by atomic mass is 10.1. The molecule has 0 spiro atoms. The van der Waals surface area contributed by atoms with Gasteiger partial charge in [-0.05, 0) is 49.2 Å². The molecule has 7 heteroatoms. The fourth-order valence-electron chi connectivity index (χ4n) is 3.77. The maximum Gasteiger partial charge on any atom is 0.203 e. The van der Waals surface area contributed by atoms with Crippen molar-refractivity contribution in [3.05, 3.63) is 47.8 Å². The summed E-state index contributed by atoms with van der Waals surface area (Å²) in [5.41, 5.74) is 2.70. The zero-order chi connectivity index (χ0) is 20.9. The summed E-state index contributed by atoms with van der Waals surface area (Å²) in [6.45, 7) is 0.983.